The standard InChI is InChI=1S/C25H29ClF2N4O4/c1-14-2-3-15-13-29-32(21(14)15)25(6-8-31(9-7-25)18-10-16(11-18)22(33)34)23(35)30-19-5-4-17(26)12-20(19)36-24(27)28/h4-5,12-14,16,18,24H,2-3,6-11H2,1H3,(H,30,35)(H,33,34). The van der Waals surface area contributed by atoms with E-state index >= 15 is 0 Å². The summed E-state index contributed by atoms with van der Waals surface area (Å²) < 4.78 is 32.5. The Morgan fingerprint density at radius 3 is 2.67 bits per heavy atom. The molecule has 2 aliphatic carbocycles. The van der Waals surface area contributed by atoms with Gasteiger partial charge in [0.05, 0.1) is 17.8 Å². The van der Waals surface area contributed by atoms with E-state index in [1.807, 2.05) is 10.9 Å². The summed E-state index contributed by atoms with van der Waals surface area (Å²) in [5.74, 6) is -1.36. The highest BCUT2D eigenvalue weighted by Crippen LogP contribution is 2.42. The molecule has 1 aliphatic heterocycles. The Morgan fingerprint density at radius 1 is 1.28 bits per heavy atom. The van der Waals surface area contributed by atoms with Gasteiger partial charge in [0, 0.05) is 35.9 Å². The number of carboxylic acid groups (broad SMARTS) is 1. The van der Waals surface area contributed by atoms with Crippen LogP contribution in [0.5, 0.6) is 5.75 Å². The molecular formula is C25H29ClF2N4O4. The molecule has 2 N–H and O–H groups in total. The van der Waals surface area contributed by atoms with Crippen LogP contribution in [0, 0.1) is 5.92 Å². The van der Waals surface area contributed by atoms with Gasteiger partial charge >= 0.3 is 12.6 Å². The molecule has 194 valence electrons. The number of carbonyl (C=O) groups excluding carboxylic acids is 1. The number of carbonyl (C=O) groups is 2. The van der Waals surface area contributed by atoms with Gasteiger partial charge in [0.25, 0.3) is 5.91 Å². The molecule has 1 unspecified atom stereocenters. The largest absolute Gasteiger partial charge is 0.481 e. The van der Waals surface area contributed by atoms with Gasteiger partial charge in [-0.05, 0) is 62.1 Å². The summed E-state index contributed by atoms with van der Waals surface area (Å²) in [6, 6.07) is 4.41. The van der Waals surface area contributed by atoms with Crippen LogP contribution in [0.15, 0.2) is 24.4 Å². The molecule has 1 amide bonds. The van der Waals surface area contributed by atoms with E-state index in [0.29, 0.717) is 38.8 Å². The molecule has 1 aromatic carbocycles. The Kier molecular flexibility index (Phi) is 6.67. The van der Waals surface area contributed by atoms with Crippen molar-refractivity contribution in [1.82, 2.24) is 14.7 Å². The number of hydrogen-bond donors (Lipinski definition) is 2. The zero-order chi connectivity index (χ0) is 25.6. The second-order valence-corrected chi connectivity index (χ2v) is 10.5. The van der Waals surface area contributed by atoms with Crippen molar-refractivity contribution in [3.8, 4) is 5.75 Å². The molecule has 3 aliphatic rings. The summed E-state index contributed by atoms with van der Waals surface area (Å²) in [6.45, 7) is 0.269. The number of benzene rings is 1. The Labute approximate surface area is 212 Å². The van der Waals surface area contributed by atoms with Crippen LogP contribution in [-0.4, -0.2) is 57.4 Å². The zero-order valence-electron chi connectivity index (χ0n) is 19.9. The maximum absolute atomic E-state index is 14.0. The summed E-state index contributed by atoms with van der Waals surface area (Å²) in [4.78, 5) is 27.5. The Bertz CT molecular complexity index is 1160. The second-order valence-electron chi connectivity index (χ2n) is 10.1. The third-order valence-electron chi connectivity index (χ3n) is 8.04. The number of rotatable bonds is 7. The van der Waals surface area contributed by atoms with E-state index in [9.17, 15) is 23.5 Å². The Morgan fingerprint density at radius 2 is 2.00 bits per heavy atom. The van der Waals surface area contributed by atoms with Gasteiger partial charge in [-0.2, -0.15) is 13.9 Å². The van der Waals surface area contributed by atoms with Crippen molar-refractivity contribution in [3.63, 3.8) is 0 Å². The fourth-order valence-electron chi connectivity index (χ4n) is 5.87. The minimum atomic E-state index is -3.07. The minimum Gasteiger partial charge on any atom is -0.481 e. The first kappa shape index (κ1) is 25.0. The first-order valence-corrected chi connectivity index (χ1v) is 12.7. The van der Waals surface area contributed by atoms with Crippen molar-refractivity contribution in [1.29, 1.82) is 0 Å². The molecule has 2 aromatic rings. The van der Waals surface area contributed by atoms with E-state index in [-0.39, 0.29) is 40.2 Å². The number of aromatic nitrogens is 2. The first-order chi connectivity index (χ1) is 17.2. The van der Waals surface area contributed by atoms with E-state index in [4.69, 9.17) is 11.6 Å². The smallest absolute Gasteiger partial charge is 0.387 e. The van der Waals surface area contributed by atoms with Gasteiger partial charge in [0.1, 0.15) is 5.54 Å². The van der Waals surface area contributed by atoms with Gasteiger partial charge in [0.15, 0.2) is 5.75 Å². The van der Waals surface area contributed by atoms with Crippen molar-refractivity contribution in [2.45, 2.75) is 69.6 Å². The maximum Gasteiger partial charge on any atom is 0.387 e. The Hall–Kier alpha value is -2.72. The third kappa shape index (κ3) is 4.45. The van der Waals surface area contributed by atoms with E-state index in [1.54, 1.807) is 0 Å². The Balaban J connectivity index is 1.43. The average Bonchev–Trinajstić information content (AvgIpc) is 3.38. The van der Waals surface area contributed by atoms with Crippen LogP contribution in [0.25, 0.3) is 0 Å². The molecule has 0 radical (unpaired) electrons. The number of nitrogens with one attached hydrogen (secondary N) is 1. The predicted molar refractivity (Wildman–Crippen MR) is 129 cm³/mol. The number of anilines is 1. The van der Waals surface area contributed by atoms with E-state index in [0.717, 1.165) is 24.1 Å². The number of piperidine rings is 1. The SMILES string of the molecule is CC1CCc2cnn(C3(C(=O)Nc4ccc(Cl)cc4OC(F)F)CCN(C4CC(C(=O)O)C4)CC3)c21. The molecule has 1 saturated heterocycles. The van der Waals surface area contributed by atoms with Crippen molar-refractivity contribution in [2.24, 2.45) is 5.92 Å². The van der Waals surface area contributed by atoms with Crippen LogP contribution in [-0.2, 0) is 21.5 Å². The quantitative estimate of drug-likeness (QED) is 0.556. The highest BCUT2D eigenvalue weighted by atomic mass is 35.5. The number of ether oxygens (including phenoxy) is 1. The van der Waals surface area contributed by atoms with Crippen LogP contribution < -0.4 is 10.1 Å². The molecule has 2 fully saturated rings. The number of aliphatic carboxylic acids is 1. The van der Waals surface area contributed by atoms with Crippen LogP contribution >= 0.6 is 11.6 Å². The molecule has 0 bridgehead atoms. The monoisotopic (exact) mass is 522 g/mol. The van der Waals surface area contributed by atoms with Gasteiger partial charge in [-0.15, -0.1) is 0 Å². The summed E-state index contributed by atoms with van der Waals surface area (Å²) >= 11 is 5.97. The van der Waals surface area contributed by atoms with Crippen molar-refractivity contribution < 1.29 is 28.2 Å². The lowest BCUT2D eigenvalue weighted by atomic mass is 9.77. The lowest BCUT2D eigenvalue weighted by Crippen LogP contribution is -2.58. The fourth-order valence-corrected chi connectivity index (χ4v) is 6.03. The number of carboxylic acids is 1. The number of amides is 1. The molecule has 11 heteroatoms. The number of alkyl halides is 2. The van der Waals surface area contributed by atoms with Gasteiger partial charge < -0.3 is 20.1 Å². The molecule has 1 atom stereocenters. The molecule has 5 rings (SSSR count). The topological polar surface area (TPSA) is 96.7 Å². The van der Waals surface area contributed by atoms with Gasteiger partial charge in [-0.3, -0.25) is 14.3 Å². The average molecular weight is 523 g/mol. The third-order valence-corrected chi connectivity index (χ3v) is 8.27. The lowest BCUT2D eigenvalue weighted by molar-refractivity contribution is -0.147. The van der Waals surface area contributed by atoms with E-state index < -0.39 is 18.1 Å². The minimum absolute atomic E-state index is 0.117. The molecule has 2 heterocycles. The number of aryl methyl sites for hydroxylation is 1. The molecule has 1 saturated carbocycles. The zero-order valence-corrected chi connectivity index (χ0v) is 20.7. The predicted octanol–water partition coefficient (Wildman–Crippen LogP) is 4.48. The molecule has 36 heavy (non-hydrogen) atoms. The van der Waals surface area contributed by atoms with E-state index in [2.05, 4.69) is 27.0 Å². The molecule has 1 aromatic heterocycles. The van der Waals surface area contributed by atoms with Gasteiger partial charge in [-0.25, -0.2) is 0 Å². The normalized spacial score (nSPS) is 25.3. The van der Waals surface area contributed by atoms with Crippen LogP contribution in [0.3, 0.4) is 0 Å². The van der Waals surface area contributed by atoms with Crippen LogP contribution in [0.4, 0.5) is 14.5 Å². The van der Waals surface area contributed by atoms with Crippen molar-refractivity contribution in [2.75, 3.05) is 18.4 Å². The van der Waals surface area contributed by atoms with E-state index in [1.165, 1.54) is 18.2 Å². The number of nitrogens with zero attached hydrogens (tertiary/aromatic N) is 3. The first-order valence-electron chi connectivity index (χ1n) is 12.3. The molecule has 8 nitrogen and oxygen atoms in total. The highest BCUT2D eigenvalue weighted by molar-refractivity contribution is 6.30. The summed E-state index contributed by atoms with van der Waals surface area (Å²) in [5.41, 5.74) is 1.29. The highest BCUT2D eigenvalue weighted by Gasteiger charge is 2.49. The van der Waals surface area contributed by atoms with Crippen LogP contribution in [0.1, 0.15) is 56.2 Å². The molecular weight excluding hydrogens is 494 g/mol. The maximum atomic E-state index is 14.0. The number of fused-ring (bicyclic) bond motifs is 1. The number of halogens is 3. The summed E-state index contributed by atoms with van der Waals surface area (Å²) in [6.07, 6.45) is 5.88. The summed E-state index contributed by atoms with van der Waals surface area (Å²) in [5, 5.41) is 16.9. The summed E-state index contributed by atoms with van der Waals surface area (Å²) in [7, 11) is 0. The van der Waals surface area contributed by atoms with Crippen molar-refractivity contribution in [3.05, 3.63) is 40.7 Å². The van der Waals surface area contributed by atoms with Crippen molar-refractivity contribution >= 4 is 29.2 Å². The molecule has 0 spiro atoms. The second kappa shape index (κ2) is 9.63. The fraction of sp³-hybridized carbons (Fsp3) is 0.560. The van der Waals surface area contributed by atoms with Gasteiger partial charge in [0.2, 0.25) is 0 Å². The van der Waals surface area contributed by atoms with Crippen LogP contribution in [0.2, 0.25) is 5.02 Å². The lowest BCUT2D eigenvalue weighted by Gasteiger charge is -2.48. The van der Waals surface area contributed by atoms with Gasteiger partial charge in [-0.1, -0.05) is 18.5 Å². The number of likely N-dealkylation sites (tertiary alicyclic amines) is 1. The number of hydrogen-bond acceptors (Lipinski definition) is 5.